The maximum absolute atomic E-state index is 13.5. The highest BCUT2D eigenvalue weighted by molar-refractivity contribution is 5.95. The highest BCUT2D eigenvalue weighted by Crippen LogP contribution is 2.32. The Morgan fingerprint density at radius 1 is 0.833 bits per heavy atom. The molecular formula is C27H30F6N6O3. The van der Waals surface area contributed by atoms with E-state index in [1.165, 1.54) is 4.90 Å². The van der Waals surface area contributed by atoms with E-state index in [1.54, 1.807) is 4.90 Å². The monoisotopic (exact) mass is 600 g/mol. The first kappa shape index (κ1) is 30.9. The van der Waals surface area contributed by atoms with Crippen LogP contribution in [0.4, 0.5) is 47.3 Å². The molecule has 2 aliphatic rings. The molecule has 0 saturated carbocycles. The SMILES string of the molecule is NCCCC[C@@H]1C(=O)N2C[C@@H](NC(=O)Nc3ccc(C(F)(F)F)cc3)C[C@H]2CN1C(=O)Nc1ccc(C(F)(F)F)cc1. The number of nitrogens with one attached hydrogen (secondary N) is 3. The first-order valence-corrected chi connectivity index (χ1v) is 13.3. The number of benzene rings is 2. The average Bonchev–Trinajstić information content (AvgIpc) is 3.32. The predicted octanol–water partition coefficient (Wildman–Crippen LogP) is 4.86. The average molecular weight is 601 g/mol. The Labute approximate surface area is 237 Å². The minimum atomic E-state index is -4.53. The van der Waals surface area contributed by atoms with Gasteiger partial charge in [-0.05, 0) is 80.8 Å². The Balaban J connectivity index is 1.41. The molecule has 0 unspecified atom stereocenters. The van der Waals surface area contributed by atoms with Crippen LogP contribution in [0.3, 0.4) is 0 Å². The number of halogens is 6. The van der Waals surface area contributed by atoms with Crippen LogP contribution in [0.2, 0.25) is 0 Å². The Morgan fingerprint density at radius 2 is 1.38 bits per heavy atom. The Bertz CT molecular complexity index is 1270. The number of amides is 5. The van der Waals surface area contributed by atoms with E-state index < -0.39 is 53.7 Å². The first-order valence-electron chi connectivity index (χ1n) is 13.3. The summed E-state index contributed by atoms with van der Waals surface area (Å²) >= 11 is 0. The lowest BCUT2D eigenvalue weighted by atomic mass is 10.0. The zero-order chi connectivity index (χ0) is 30.7. The minimum Gasteiger partial charge on any atom is -0.334 e. The number of urea groups is 2. The van der Waals surface area contributed by atoms with Crippen LogP contribution in [0.1, 0.15) is 36.8 Å². The molecule has 5 N–H and O–H groups in total. The zero-order valence-electron chi connectivity index (χ0n) is 22.3. The summed E-state index contributed by atoms with van der Waals surface area (Å²) < 4.78 is 77.0. The van der Waals surface area contributed by atoms with Gasteiger partial charge in [0.05, 0.1) is 23.2 Å². The van der Waals surface area contributed by atoms with Gasteiger partial charge in [0.25, 0.3) is 0 Å². The van der Waals surface area contributed by atoms with E-state index in [0.717, 1.165) is 48.5 Å². The number of carbonyl (C=O) groups is 3. The second-order valence-corrected chi connectivity index (χ2v) is 10.2. The van der Waals surface area contributed by atoms with E-state index in [9.17, 15) is 40.7 Å². The molecule has 4 rings (SSSR count). The summed E-state index contributed by atoms with van der Waals surface area (Å²) in [5.41, 5.74) is 4.15. The third kappa shape index (κ3) is 7.43. The van der Waals surface area contributed by atoms with Crippen molar-refractivity contribution >= 4 is 29.3 Å². The largest absolute Gasteiger partial charge is 0.416 e. The number of hydrogen-bond donors (Lipinski definition) is 4. The van der Waals surface area contributed by atoms with Crippen LogP contribution in [0.5, 0.6) is 0 Å². The van der Waals surface area contributed by atoms with Gasteiger partial charge in [-0.3, -0.25) is 4.79 Å². The van der Waals surface area contributed by atoms with Gasteiger partial charge in [-0.25, -0.2) is 9.59 Å². The molecule has 2 fully saturated rings. The van der Waals surface area contributed by atoms with E-state index in [4.69, 9.17) is 5.73 Å². The van der Waals surface area contributed by atoms with Crippen LogP contribution in [0.25, 0.3) is 0 Å². The number of nitrogens with two attached hydrogens (primary N) is 1. The topological polar surface area (TPSA) is 120 Å². The van der Waals surface area contributed by atoms with E-state index in [1.807, 2.05) is 0 Å². The highest BCUT2D eigenvalue weighted by atomic mass is 19.4. The molecule has 42 heavy (non-hydrogen) atoms. The van der Waals surface area contributed by atoms with Crippen LogP contribution in [-0.4, -0.2) is 65.5 Å². The summed E-state index contributed by atoms with van der Waals surface area (Å²) in [5.74, 6) is -0.321. The maximum Gasteiger partial charge on any atom is 0.416 e. The number of hydrogen-bond acceptors (Lipinski definition) is 4. The quantitative estimate of drug-likeness (QED) is 0.268. The van der Waals surface area contributed by atoms with Gasteiger partial charge in [0, 0.05) is 24.5 Å². The number of carbonyl (C=O) groups excluding carboxylic acids is 3. The van der Waals surface area contributed by atoms with Crippen molar-refractivity contribution in [1.29, 1.82) is 0 Å². The van der Waals surface area contributed by atoms with Crippen molar-refractivity contribution in [2.45, 2.75) is 56.2 Å². The van der Waals surface area contributed by atoms with Gasteiger partial charge in [0.15, 0.2) is 0 Å². The zero-order valence-corrected chi connectivity index (χ0v) is 22.3. The van der Waals surface area contributed by atoms with Crippen LogP contribution in [0.15, 0.2) is 48.5 Å². The number of nitrogens with zero attached hydrogens (tertiary/aromatic N) is 2. The van der Waals surface area contributed by atoms with Crippen molar-refractivity contribution in [2.24, 2.45) is 5.73 Å². The predicted molar refractivity (Wildman–Crippen MR) is 141 cm³/mol. The van der Waals surface area contributed by atoms with Crippen molar-refractivity contribution < 1.29 is 40.7 Å². The lowest BCUT2D eigenvalue weighted by Crippen LogP contribution is -2.62. The first-order chi connectivity index (χ1) is 19.8. The fourth-order valence-electron chi connectivity index (χ4n) is 5.16. The number of unbranched alkanes of at least 4 members (excludes halogenated alkanes) is 1. The molecule has 5 amide bonds. The summed E-state index contributed by atoms with van der Waals surface area (Å²) in [5, 5.41) is 7.77. The molecule has 2 aromatic carbocycles. The smallest absolute Gasteiger partial charge is 0.334 e. The number of rotatable bonds is 7. The second kappa shape index (κ2) is 12.5. The standard InChI is InChI=1S/C27H30F6N6O3/c28-26(29,30)16-4-8-18(9-5-16)35-24(41)36-20-13-21-15-39(22(3-1-2-12-34)23(40)38(21)14-20)25(42)37-19-10-6-17(7-11-19)27(31,32)33/h4-11,20-22H,1-3,12-15,34H2,(H,37,42)(H2,35,36,41)/t20-,21-,22+/m0/s1. The van der Waals surface area contributed by atoms with Gasteiger partial charge in [0.1, 0.15) is 6.04 Å². The summed E-state index contributed by atoms with van der Waals surface area (Å²) in [4.78, 5) is 42.2. The molecule has 2 aromatic rings. The molecule has 0 aromatic heterocycles. The summed E-state index contributed by atoms with van der Waals surface area (Å²) in [6.45, 7) is 0.695. The molecule has 15 heteroatoms. The Morgan fingerprint density at radius 3 is 1.90 bits per heavy atom. The fraction of sp³-hybridized carbons (Fsp3) is 0.444. The van der Waals surface area contributed by atoms with Crippen molar-refractivity contribution in [3.05, 3.63) is 59.7 Å². The molecule has 9 nitrogen and oxygen atoms in total. The fourth-order valence-corrected chi connectivity index (χ4v) is 5.16. The molecule has 2 saturated heterocycles. The van der Waals surface area contributed by atoms with Crippen LogP contribution < -0.4 is 21.7 Å². The van der Waals surface area contributed by atoms with Gasteiger partial charge in [0.2, 0.25) is 5.91 Å². The third-order valence-electron chi connectivity index (χ3n) is 7.23. The molecule has 2 heterocycles. The van der Waals surface area contributed by atoms with Gasteiger partial charge in [-0.1, -0.05) is 0 Å². The summed E-state index contributed by atoms with van der Waals surface area (Å²) in [6, 6.07) is 4.85. The molecule has 0 radical (unpaired) electrons. The van der Waals surface area contributed by atoms with Gasteiger partial charge in [-0.2, -0.15) is 26.3 Å². The molecule has 2 aliphatic heterocycles. The van der Waals surface area contributed by atoms with Crippen LogP contribution >= 0.6 is 0 Å². The molecule has 3 atom stereocenters. The van der Waals surface area contributed by atoms with Crippen molar-refractivity contribution in [3.63, 3.8) is 0 Å². The summed E-state index contributed by atoms with van der Waals surface area (Å²) in [6.07, 6.45) is -7.21. The molecular weight excluding hydrogens is 570 g/mol. The number of fused-ring (bicyclic) bond motifs is 1. The van der Waals surface area contributed by atoms with E-state index in [2.05, 4.69) is 16.0 Å². The van der Waals surface area contributed by atoms with E-state index >= 15 is 0 Å². The third-order valence-corrected chi connectivity index (χ3v) is 7.23. The molecule has 228 valence electrons. The highest BCUT2D eigenvalue weighted by Gasteiger charge is 2.47. The molecule has 0 bridgehead atoms. The maximum atomic E-state index is 13.5. The van der Waals surface area contributed by atoms with E-state index in [-0.39, 0.29) is 30.4 Å². The number of anilines is 2. The Hall–Kier alpha value is -4.01. The summed E-state index contributed by atoms with van der Waals surface area (Å²) in [7, 11) is 0. The molecule has 0 aliphatic carbocycles. The lowest BCUT2D eigenvalue weighted by Gasteiger charge is -2.42. The van der Waals surface area contributed by atoms with Crippen LogP contribution in [0, 0.1) is 0 Å². The van der Waals surface area contributed by atoms with Crippen LogP contribution in [-0.2, 0) is 17.1 Å². The van der Waals surface area contributed by atoms with Crippen molar-refractivity contribution in [1.82, 2.24) is 15.1 Å². The van der Waals surface area contributed by atoms with Crippen molar-refractivity contribution in [3.8, 4) is 0 Å². The van der Waals surface area contributed by atoms with Crippen molar-refractivity contribution in [2.75, 3.05) is 30.3 Å². The van der Waals surface area contributed by atoms with Gasteiger partial charge < -0.3 is 31.5 Å². The number of alkyl halides is 6. The lowest BCUT2D eigenvalue weighted by molar-refractivity contribution is -0.142. The number of piperazine rings is 1. The van der Waals surface area contributed by atoms with E-state index in [0.29, 0.717) is 32.2 Å². The van der Waals surface area contributed by atoms with Gasteiger partial charge in [-0.15, -0.1) is 0 Å². The van der Waals surface area contributed by atoms with Gasteiger partial charge >= 0.3 is 24.4 Å². The normalized spacial score (nSPS) is 20.7. The molecule has 0 spiro atoms. The second-order valence-electron chi connectivity index (χ2n) is 10.2. The minimum absolute atomic E-state index is 0.129. The Kier molecular flexibility index (Phi) is 9.18.